The maximum atomic E-state index is 11.8. The minimum atomic E-state index is -0.912. The number of rotatable bonds is 10. The van der Waals surface area contributed by atoms with Crippen LogP contribution in [0.4, 0.5) is 11.6 Å². The van der Waals surface area contributed by atoms with E-state index in [1.165, 1.54) is 18.3 Å². The van der Waals surface area contributed by atoms with Crippen LogP contribution in [0.1, 0.15) is 43.4 Å². The Morgan fingerprint density at radius 3 is 2.97 bits per heavy atom. The highest BCUT2D eigenvalue weighted by Crippen LogP contribution is 2.34. The molecule has 178 valence electrons. The summed E-state index contributed by atoms with van der Waals surface area (Å²) < 4.78 is 5.98. The molecule has 8 heteroatoms. The van der Waals surface area contributed by atoms with Gasteiger partial charge in [-0.2, -0.15) is 0 Å². The number of carboxylic acid groups (broad SMARTS) is 1. The summed E-state index contributed by atoms with van der Waals surface area (Å²) in [5, 5.41) is 16.9. The lowest BCUT2D eigenvalue weighted by Gasteiger charge is -2.35. The Labute approximate surface area is 199 Å². The second-order valence-corrected chi connectivity index (χ2v) is 9.27. The molecule has 5 rings (SSSR count). The molecule has 1 atom stereocenters. The zero-order valence-corrected chi connectivity index (χ0v) is 19.2. The van der Waals surface area contributed by atoms with Crippen LogP contribution in [0.15, 0.2) is 42.7 Å². The van der Waals surface area contributed by atoms with E-state index in [-0.39, 0.29) is 6.10 Å². The second-order valence-electron chi connectivity index (χ2n) is 9.27. The number of aromatic nitrogens is 3. The van der Waals surface area contributed by atoms with Crippen molar-refractivity contribution < 1.29 is 14.6 Å². The Hall–Kier alpha value is -3.26. The van der Waals surface area contributed by atoms with E-state index in [0.717, 1.165) is 61.1 Å². The Morgan fingerprint density at radius 1 is 1.21 bits per heavy atom. The number of carboxylic acids is 1. The number of aryl methyl sites for hydroxylation is 2. The smallest absolute Gasteiger partial charge is 0.326 e. The lowest BCUT2D eigenvalue weighted by atomic mass is 9.79. The van der Waals surface area contributed by atoms with Gasteiger partial charge in [0.25, 0.3) is 0 Å². The predicted octanol–water partition coefficient (Wildman–Crippen LogP) is 4.07. The first-order valence-electron chi connectivity index (χ1n) is 12.2. The molecule has 3 heterocycles. The number of nitrogens with one attached hydrogen (secondary N) is 2. The fourth-order valence-electron chi connectivity index (χ4n) is 4.80. The first-order valence-corrected chi connectivity index (χ1v) is 12.2. The number of ether oxygens (including phenoxy) is 1. The van der Waals surface area contributed by atoms with E-state index in [1.54, 1.807) is 0 Å². The number of nitrogens with zero attached hydrogens (tertiary/aromatic N) is 3. The summed E-state index contributed by atoms with van der Waals surface area (Å²) in [5.74, 6) is 1.34. The lowest BCUT2D eigenvalue weighted by Crippen LogP contribution is -2.35. The first kappa shape index (κ1) is 22.5. The molecule has 1 saturated carbocycles. The van der Waals surface area contributed by atoms with Crippen molar-refractivity contribution in [2.45, 2.75) is 57.1 Å². The third-order valence-electron chi connectivity index (χ3n) is 6.86. The molecule has 1 unspecified atom stereocenters. The van der Waals surface area contributed by atoms with Crippen molar-refractivity contribution in [2.75, 3.05) is 23.8 Å². The minimum Gasteiger partial charge on any atom is -0.480 e. The van der Waals surface area contributed by atoms with Crippen LogP contribution in [-0.4, -0.2) is 51.3 Å². The van der Waals surface area contributed by atoms with Crippen LogP contribution in [-0.2, 0) is 22.4 Å². The molecule has 3 N–H and O–H groups in total. The van der Waals surface area contributed by atoms with Crippen LogP contribution in [0, 0.1) is 5.92 Å². The van der Waals surface area contributed by atoms with Gasteiger partial charge >= 0.3 is 5.97 Å². The van der Waals surface area contributed by atoms with Gasteiger partial charge in [0.05, 0.1) is 11.6 Å². The molecule has 1 aliphatic heterocycles. The number of aliphatic carboxylic acids is 1. The van der Waals surface area contributed by atoms with Gasteiger partial charge in [-0.3, -0.25) is 0 Å². The molecular weight excluding hydrogens is 430 g/mol. The van der Waals surface area contributed by atoms with E-state index in [0.29, 0.717) is 24.8 Å². The molecule has 3 aromatic rings. The molecule has 2 aliphatic rings. The van der Waals surface area contributed by atoms with Crippen LogP contribution >= 0.6 is 0 Å². The molecule has 0 spiro atoms. The van der Waals surface area contributed by atoms with Crippen LogP contribution < -0.4 is 10.6 Å². The van der Waals surface area contributed by atoms with Crippen molar-refractivity contribution in [3.05, 3.63) is 54.0 Å². The Morgan fingerprint density at radius 2 is 2.09 bits per heavy atom. The molecule has 2 aromatic heterocycles. The normalized spacial score (nSPS) is 20.1. The van der Waals surface area contributed by atoms with E-state index in [4.69, 9.17) is 9.72 Å². The molecule has 34 heavy (non-hydrogen) atoms. The highest BCUT2D eigenvalue weighted by atomic mass is 16.5. The Kier molecular flexibility index (Phi) is 6.85. The molecular formula is C26H31N5O3. The Bertz CT molecular complexity index is 1140. The minimum absolute atomic E-state index is 0.220. The lowest BCUT2D eigenvalue weighted by molar-refractivity contribution is -0.138. The molecule has 1 aromatic carbocycles. The summed E-state index contributed by atoms with van der Waals surface area (Å²) in [4.78, 5) is 25.0. The van der Waals surface area contributed by atoms with Crippen LogP contribution in [0.25, 0.3) is 10.9 Å². The van der Waals surface area contributed by atoms with Crippen molar-refractivity contribution in [3.8, 4) is 0 Å². The topological polar surface area (TPSA) is 109 Å². The van der Waals surface area contributed by atoms with Crippen molar-refractivity contribution in [3.63, 3.8) is 0 Å². The van der Waals surface area contributed by atoms with Crippen molar-refractivity contribution >= 4 is 28.5 Å². The molecule has 0 bridgehead atoms. The fourth-order valence-corrected chi connectivity index (χ4v) is 4.80. The van der Waals surface area contributed by atoms with E-state index in [9.17, 15) is 9.90 Å². The van der Waals surface area contributed by atoms with E-state index in [1.807, 2.05) is 24.3 Å². The molecule has 1 fully saturated rings. The van der Waals surface area contributed by atoms with Crippen LogP contribution in [0.5, 0.6) is 0 Å². The second kappa shape index (κ2) is 10.3. The number of pyridine rings is 1. The SMILES string of the molecule is O=C(O)C(CCO[C@H]1C[C@H](CCc2ccc3c(n2)NCCC3)C1)Nc1ncnc2ccccc12. The first-order chi connectivity index (χ1) is 16.7. The van der Waals surface area contributed by atoms with Gasteiger partial charge in [0.2, 0.25) is 0 Å². The molecule has 0 radical (unpaired) electrons. The van der Waals surface area contributed by atoms with Crippen molar-refractivity contribution in [2.24, 2.45) is 5.92 Å². The third-order valence-corrected chi connectivity index (χ3v) is 6.86. The largest absolute Gasteiger partial charge is 0.480 e. The summed E-state index contributed by atoms with van der Waals surface area (Å²) >= 11 is 0. The highest BCUT2D eigenvalue weighted by molar-refractivity contribution is 5.90. The van der Waals surface area contributed by atoms with Gasteiger partial charge < -0.3 is 20.5 Å². The summed E-state index contributed by atoms with van der Waals surface area (Å²) in [5.41, 5.74) is 3.27. The summed E-state index contributed by atoms with van der Waals surface area (Å²) in [6, 6.07) is 11.2. The van der Waals surface area contributed by atoms with E-state index in [2.05, 4.69) is 32.7 Å². The van der Waals surface area contributed by atoms with Crippen LogP contribution in [0.2, 0.25) is 0 Å². The van der Waals surface area contributed by atoms with Crippen molar-refractivity contribution in [1.82, 2.24) is 15.0 Å². The van der Waals surface area contributed by atoms with Gasteiger partial charge in [0.15, 0.2) is 0 Å². The van der Waals surface area contributed by atoms with Gasteiger partial charge in [0.1, 0.15) is 24.0 Å². The van der Waals surface area contributed by atoms with E-state index >= 15 is 0 Å². The average molecular weight is 462 g/mol. The molecule has 8 nitrogen and oxygen atoms in total. The number of para-hydroxylation sites is 1. The molecule has 0 saturated heterocycles. The van der Waals surface area contributed by atoms with Gasteiger partial charge in [-0.05, 0) is 68.2 Å². The van der Waals surface area contributed by atoms with Gasteiger partial charge in [-0.25, -0.2) is 19.7 Å². The number of hydrogen-bond acceptors (Lipinski definition) is 7. The highest BCUT2D eigenvalue weighted by Gasteiger charge is 2.30. The third kappa shape index (κ3) is 5.28. The number of hydrogen-bond donors (Lipinski definition) is 3. The van der Waals surface area contributed by atoms with Crippen molar-refractivity contribution in [1.29, 1.82) is 0 Å². The summed E-state index contributed by atoms with van der Waals surface area (Å²) in [6.07, 6.45) is 8.51. The standard InChI is InChI=1S/C26H31N5O3/c32-26(33)23(31-25-21-5-1-2-6-22(21)28-16-29-25)11-13-34-20-14-17(15-20)7-9-19-10-8-18-4-3-12-27-24(18)30-19/h1-2,5-6,8,10,16-17,20,23H,3-4,7,9,11-15H2,(H,27,30)(H,32,33)(H,28,29,31)/t17-,20-,23?. The quantitative estimate of drug-likeness (QED) is 0.415. The number of benzene rings is 1. The average Bonchev–Trinajstić information content (AvgIpc) is 2.84. The summed E-state index contributed by atoms with van der Waals surface area (Å²) in [6.45, 7) is 1.42. The van der Waals surface area contributed by atoms with Crippen LogP contribution in [0.3, 0.4) is 0 Å². The van der Waals surface area contributed by atoms with Gasteiger partial charge in [-0.15, -0.1) is 0 Å². The number of anilines is 2. The summed E-state index contributed by atoms with van der Waals surface area (Å²) in [7, 11) is 0. The maximum absolute atomic E-state index is 11.8. The van der Waals surface area contributed by atoms with Gasteiger partial charge in [-0.1, -0.05) is 18.2 Å². The molecule has 0 amide bonds. The Balaban J connectivity index is 1.05. The predicted molar refractivity (Wildman–Crippen MR) is 131 cm³/mol. The molecule has 1 aliphatic carbocycles. The monoisotopic (exact) mass is 461 g/mol. The van der Waals surface area contributed by atoms with Gasteiger partial charge in [0, 0.05) is 30.7 Å². The maximum Gasteiger partial charge on any atom is 0.326 e. The zero-order chi connectivity index (χ0) is 23.3. The van der Waals surface area contributed by atoms with E-state index < -0.39 is 12.0 Å². The number of fused-ring (bicyclic) bond motifs is 2. The number of carbonyl (C=O) groups is 1. The zero-order valence-electron chi connectivity index (χ0n) is 19.2. The fraction of sp³-hybridized carbons (Fsp3) is 0.462.